The van der Waals surface area contributed by atoms with Crippen molar-refractivity contribution in [2.45, 2.75) is 38.1 Å². The Balaban J connectivity index is 0.00000196. The number of nitrogens with zero attached hydrogens (tertiary/aromatic N) is 1. The highest BCUT2D eigenvalue weighted by Crippen LogP contribution is 2.17. The number of hydrogen-bond acceptors (Lipinski definition) is 4. The van der Waals surface area contributed by atoms with Gasteiger partial charge in [-0.05, 0) is 50.3 Å². The van der Waals surface area contributed by atoms with Crippen molar-refractivity contribution >= 4 is 30.7 Å². The van der Waals surface area contributed by atoms with Crippen molar-refractivity contribution in [3.63, 3.8) is 0 Å². The van der Waals surface area contributed by atoms with E-state index in [2.05, 4.69) is 39.8 Å². The second kappa shape index (κ2) is 14.2. The van der Waals surface area contributed by atoms with E-state index in [1.165, 1.54) is 18.4 Å². The quantitative estimate of drug-likeness (QED) is 0.663. The van der Waals surface area contributed by atoms with Gasteiger partial charge in [0, 0.05) is 32.1 Å². The lowest BCUT2D eigenvalue weighted by atomic mass is 9.93. The number of piperidine rings is 1. The van der Waals surface area contributed by atoms with Crippen LogP contribution < -0.4 is 10.6 Å². The van der Waals surface area contributed by atoms with Gasteiger partial charge in [-0.15, -0.1) is 24.8 Å². The van der Waals surface area contributed by atoms with Crippen molar-refractivity contribution in [3.05, 3.63) is 35.9 Å². The fourth-order valence-electron chi connectivity index (χ4n) is 3.96. The number of nitrogens with one attached hydrogen (secondary N) is 2. The number of ether oxygens (including phenoxy) is 1. The van der Waals surface area contributed by atoms with E-state index in [0.717, 1.165) is 58.8 Å². The Hall–Kier alpha value is -0.850. The monoisotopic (exact) mass is 431 g/mol. The van der Waals surface area contributed by atoms with E-state index in [0.29, 0.717) is 12.3 Å². The van der Waals surface area contributed by atoms with Crippen molar-refractivity contribution < 1.29 is 9.53 Å². The molecule has 2 N–H and O–H groups in total. The van der Waals surface area contributed by atoms with E-state index in [-0.39, 0.29) is 36.8 Å². The largest absolute Gasteiger partial charge is 0.379 e. The van der Waals surface area contributed by atoms with Gasteiger partial charge in [0.05, 0.1) is 13.2 Å². The van der Waals surface area contributed by atoms with Crippen molar-refractivity contribution in [1.29, 1.82) is 0 Å². The van der Waals surface area contributed by atoms with Gasteiger partial charge in [0.15, 0.2) is 0 Å². The van der Waals surface area contributed by atoms with Gasteiger partial charge in [0.25, 0.3) is 0 Å². The topological polar surface area (TPSA) is 53.6 Å². The minimum Gasteiger partial charge on any atom is -0.379 e. The van der Waals surface area contributed by atoms with Gasteiger partial charge in [-0.1, -0.05) is 30.3 Å². The molecule has 5 nitrogen and oxygen atoms in total. The van der Waals surface area contributed by atoms with Crippen LogP contribution in [-0.4, -0.2) is 62.8 Å². The zero-order chi connectivity index (χ0) is 18.0. The molecule has 2 fully saturated rings. The van der Waals surface area contributed by atoms with Crippen molar-refractivity contribution in [3.8, 4) is 0 Å². The van der Waals surface area contributed by atoms with Gasteiger partial charge < -0.3 is 15.4 Å². The summed E-state index contributed by atoms with van der Waals surface area (Å²) >= 11 is 0. The molecule has 1 amide bonds. The van der Waals surface area contributed by atoms with Crippen LogP contribution in [0.5, 0.6) is 0 Å². The molecule has 0 spiro atoms. The average molecular weight is 432 g/mol. The van der Waals surface area contributed by atoms with Gasteiger partial charge in [0.1, 0.15) is 0 Å². The lowest BCUT2D eigenvalue weighted by Gasteiger charge is -2.31. The highest BCUT2D eigenvalue weighted by molar-refractivity contribution is 5.85. The minimum absolute atomic E-state index is 0. The molecule has 160 valence electrons. The molecular weight excluding hydrogens is 397 g/mol. The van der Waals surface area contributed by atoms with Crippen LogP contribution in [0.2, 0.25) is 0 Å². The molecule has 1 aromatic rings. The summed E-state index contributed by atoms with van der Waals surface area (Å²) < 4.78 is 5.45. The minimum atomic E-state index is 0. The maximum atomic E-state index is 12.6. The number of halogens is 2. The van der Waals surface area contributed by atoms with Gasteiger partial charge in [-0.25, -0.2) is 0 Å². The zero-order valence-corrected chi connectivity index (χ0v) is 18.2. The summed E-state index contributed by atoms with van der Waals surface area (Å²) in [4.78, 5) is 15.0. The third-order valence-electron chi connectivity index (χ3n) is 5.51. The summed E-state index contributed by atoms with van der Waals surface area (Å²) in [5.41, 5.74) is 1.28. The summed E-state index contributed by atoms with van der Waals surface area (Å²) in [5.74, 6) is 0.909. The average Bonchev–Trinajstić information content (AvgIpc) is 2.69. The Morgan fingerprint density at radius 2 is 1.82 bits per heavy atom. The van der Waals surface area contributed by atoms with Crippen LogP contribution in [0, 0.1) is 5.92 Å². The predicted octanol–water partition coefficient (Wildman–Crippen LogP) is 2.67. The molecule has 28 heavy (non-hydrogen) atoms. The van der Waals surface area contributed by atoms with Crippen LogP contribution in [0.15, 0.2) is 30.3 Å². The number of morpholine rings is 1. The van der Waals surface area contributed by atoms with E-state index >= 15 is 0 Å². The molecular formula is C21H35Cl2N3O2. The molecule has 2 heterocycles. The number of hydrogen-bond donors (Lipinski definition) is 2. The standard InChI is InChI=1S/C21H33N3O2.2ClH/c25-21(7-6-18-8-10-22-11-9-18)23-20(16-19-4-2-1-3-5-19)17-24-12-14-26-15-13-24;;/h1-5,18,20,22H,6-17H2,(H,23,25);2*1H. The maximum absolute atomic E-state index is 12.6. The lowest BCUT2D eigenvalue weighted by molar-refractivity contribution is -0.122. The van der Waals surface area contributed by atoms with Crippen LogP contribution >= 0.6 is 24.8 Å². The van der Waals surface area contributed by atoms with Gasteiger partial charge >= 0.3 is 0 Å². The van der Waals surface area contributed by atoms with Crippen LogP contribution in [0.25, 0.3) is 0 Å². The number of rotatable bonds is 8. The molecule has 0 aromatic heterocycles. The molecule has 2 aliphatic rings. The maximum Gasteiger partial charge on any atom is 0.220 e. The van der Waals surface area contributed by atoms with Crippen molar-refractivity contribution in [2.75, 3.05) is 45.9 Å². The first-order chi connectivity index (χ1) is 12.8. The van der Waals surface area contributed by atoms with E-state index < -0.39 is 0 Å². The summed E-state index contributed by atoms with van der Waals surface area (Å²) in [5, 5.41) is 6.71. The Labute approximate surface area is 181 Å². The molecule has 0 bridgehead atoms. The first-order valence-electron chi connectivity index (χ1n) is 10.1. The Bertz CT molecular complexity index is 536. The number of benzene rings is 1. The highest BCUT2D eigenvalue weighted by atomic mass is 35.5. The fraction of sp³-hybridized carbons (Fsp3) is 0.667. The van der Waals surface area contributed by atoms with E-state index in [4.69, 9.17) is 4.74 Å². The molecule has 1 aromatic carbocycles. The predicted molar refractivity (Wildman–Crippen MR) is 119 cm³/mol. The summed E-state index contributed by atoms with van der Waals surface area (Å²) in [6.07, 6.45) is 4.96. The molecule has 7 heteroatoms. The Morgan fingerprint density at radius 1 is 1.14 bits per heavy atom. The molecule has 2 aliphatic heterocycles. The Kier molecular flexibility index (Phi) is 12.8. The molecule has 1 atom stereocenters. The first-order valence-corrected chi connectivity index (χ1v) is 10.1. The zero-order valence-electron chi connectivity index (χ0n) is 16.6. The number of amides is 1. The van der Waals surface area contributed by atoms with Crippen LogP contribution in [0.4, 0.5) is 0 Å². The van der Waals surface area contributed by atoms with Gasteiger partial charge in [-0.2, -0.15) is 0 Å². The second-order valence-electron chi connectivity index (χ2n) is 7.60. The first kappa shape index (κ1) is 25.2. The summed E-state index contributed by atoms with van der Waals surface area (Å²) in [6.45, 7) is 6.59. The molecule has 0 saturated carbocycles. The lowest BCUT2D eigenvalue weighted by Crippen LogP contribution is -2.48. The fourth-order valence-corrected chi connectivity index (χ4v) is 3.96. The van der Waals surface area contributed by atoms with Crippen LogP contribution in [-0.2, 0) is 16.0 Å². The molecule has 1 unspecified atom stereocenters. The molecule has 2 saturated heterocycles. The Morgan fingerprint density at radius 3 is 2.50 bits per heavy atom. The normalized spacial score (nSPS) is 19.1. The third kappa shape index (κ3) is 9.10. The van der Waals surface area contributed by atoms with Crippen LogP contribution in [0.3, 0.4) is 0 Å². The van der Waals surface area contributed by atoms with E-state index in [9.17, 15) is 4.79 Å². The summed E-state index contributed by atoms with van der Waals surface area (Å²) in [6, 6.07) is 10.6. The van der Waals surface area contributed by atoms with Crippen LogP contribution in [0.1, 0.15) is 31.2 Å². The van der Waals surface area contributed by atoms with Crippen molar-refractivity contribution in [2.24, 2.45) is 5.92 Å². The molecule has 0 radical (unpaired) electrons. The van der Waals surface area contributed by atoms with Gasteiger partial charge in [0.2, 0.25) is 5.91 Å². The highest BCUT2D eigenvalue weighted by Gasteiger charge is 2.20. The molecule has 3 rings (SSSR count). The summed E-state index contributed by atoms with van der Waals surface area (Å²) in [7, 11) is 0. The number of carbonyl (C=O) groups excluding carboxylic acids is 1. The van der Waals surface area contributed by atoms with E-state index in [1.54, 1.807) is 0 Å². The smallest absolute Gasteiger partial charge is 0.220 e. The van der Waals surface area contributed by atoms with E-state index in [1.807, 2.05) is 6.07 Å². The third-order valence-corrected chi connectivity index (χ3v) is 5.51. The SMILES string of the molecule is Cl.Cl.O=C(CCC1CCNCC1)NC(Cc1ccccc1)CN1CCOCC1. The second-order valence-corrected chi connectivity index (χ2v) is 7.60. The number of carbonyl (C=O) groups is 1. The van der Waals surface area contributed by atoms with Gasteiger partial charge in [-0.3, -0.25) is 9.69 Å². The molecule has 0 aliphatic carbocycles. The van der Waals surface area contributed by atoms with Crippen molar-refractivity contribution in [1.82, 2.24) is 15.5 Å².